The summed E-state index contributed by atoms with van der Waals surface area (Å²) in [5, 5.41) is 15.0. The van der Waals surface area contributed by atoms with Crippen LogP contribution in [0.4, 0.5) is 10.1 Å². The van der Waals surface area contributed by atoms with E-state index in [0.29, 0.717) is 0 Å². The lowest BCUT2D eigenvalue weighted by molar-refractivity contribution is -0.387. The van der Waals surface area contributed by atoms with Crippen molar-refractivity contribution in [2.45, 2.75) is 4.90 Å². The smallest absolute Gasteiger partial charge is 0.258 e. The van der Waals surface area contributed by atoms with Crippen molar-refractivity contribution in [1.29, 1.82) is 0 Å². The summed E-state index contributed by atoms with van der Waals surface area (Å²) in [6, 6.07) is 1.71. The van der Waals surface area contributed by atoms with Gasteiger partial charge in [-0.15, -0.1) is 0 Å². The van der Waals surface area contributed by atoms with Crippen LogP contribution in [0.1, 0.15) is 0 Å². The van der Waals surface area contributed by atoms with Gasteiger partial charge >= 0.3 is 5.69 Å². The highest BCUT2D eigenvalue weighted by Gasteiger charge is 2.25. The Hall–Kier alpha value is -1.06. The first-order valence-electron chi connectivity index (χ1n) is 3.39. The highest BCUT2D eigenvalue weighted by Crippen LogP contribution is 2.28. The van der Waals surface area contributed by atoms with Gasteiger partial charge < -0.3 is 0 Å². The molecular weight excluding hydrogens is 295 g/mol. The van der Waals surface area contributed by atoms with Gasteiger partial charge in [-0.25, -0.2) is 13.6 Å². The molecule has 0 heterocycles. The molecule has 0 aliphatic heterocycles. The van der Waals surface area contributed by atoms with Crippen molar-refractivity contribution >= 4 is 31.6 Å². The van der Waals surface area contributed by atoms with Gasteiger partial charge in [-0.3, -0.25) is 10.1 Å². The quantitative estimate of drug-likeness (QED) is 0.653. The molecule has 9 heteroatoms. The van der Waals surface area contributed by atoms with Gasteiger partial charge in [0.05, 0.1) is 4.92 Å². The Morgan fingerprint density at radius 2 is 2.00 bits per heavy atom. The van der Waals surface area contributed by atoms with E-state index in [-0.39, 0.29) is 4.47 Å². The molecule has 2 N–H and O–H groups in total. The van der Waals surface area contributed by atoms with Crippen LogP contribution in [0.25, 0.3) is 0 Å². The van der Waals surface area contributed by atoms with Crippen molar-refractivity contribution in [2.75, 3.05) is 0 Å². The molecule has 0 aromatic heterocycles. The average Bonchev–Trinajstić information content (AvgIpc) is 2.06. The lowest BCUT2D eigenvalue weighted by Gasteiger charge is -2.01. The van der Waals surface area contributed by atoms with Crippen LogP contribution in [0.2, 0.25) is 0 Å². The minimum atomic E-state index is -4.32. The molecule has 1 aromatic carbocycles. The Kier molecular flexibility index (Phi) is 3.07. The molecule has 0 unspecified atom stereocenters. The van der Waals surface area contributed by atoms with Crippen LogP contribution >= 0.6 is 15.9 Å². The SMILES string of the molecule is NS(=O)(=O)c1cc(Br)cc([N+](=O)[O-])c1F. The van der Waals surface area contributed by atoms with E-state index in [4.69, 9.17) is 0 Å². The van der Waals surface area contributed by atoms with Gasteiger partial charge in [0.1, 0.15) is 4.90 Å². The van der Waals surface area contributed by atoms with Crippen LogP contribution < -0.4 is 5.14 Å². The molecule has 15 heavy (non-hydrogen) atoms. The number of nitrogens with zero attached hydrogens (tertiary/aromatic N) is 1. The van der Waals surface area contributed by atoms with Crippen LogP contribution in [0.15, 0.2) is 21.5 Å². The van der Waals surface area contributed by atoms with Crippen molar-refractivity contribution in [1.82, 2.24) is 0 Å². The number of halogens is 2. The van der Waals surface area contributed by atoms with E-state index in [0.717, 1.165) is 12.1 Å². The first-order valence-corrected chi connectivity index (χ1v) is 5.73. The zero-order valence-corrected chi connectivity index (χ0v) is 9.38. The molecule has 0 bridgehead atoms. The highest BCUT2D eigenvalue weighted by atomic mass is 79.9. The summed E-state index contributed by atoms with van der Waals surface area (Å²) >= 11 is 2.82. The molecule has 1 rings (SSSR count). The lowest BCUT2D eigenvalue weighted by atomic mass is 10.3. The number of nitrogens with two attached hydrogens (primary N) is 1. The molecule has 0 atom stereocenters. The standard InChI is InChI=1S/C6H4BrFN2O4S/c7-3-1-4(10(11)12)6(8)5(2-3)15(9,13)14/h1-2H,(H2,9,13,14). The van der Waals surface area contributed by atoms with Gasteiger partial charge in [-0.05, 0) is 6.07 Å². The molecule has 0 aliphatic carbocycles. The molecular formula is C6H4BrFN2O4S. The normalized spacial score (nSPS) is 11.4. The summed E-state index contributed by atoms with van der Waals surface area (Å²) in [5.41, 5.74) is -0.951. The topological polar surface area (TPSA) is 103 Å². The Morgan fingerprint density at radius 3 is 2.40 bits per heavy atom. The molecule has 0 radical (unpaired) electrons. The van der Waals surface area contributed by atoms with E-state index in [9.17, 15) is 22.9 Å². The van der Waals surface area contributed by atoms with Gasteiger partial charge in [0.25, 0.3) is 0 Å². The average molecular weight is 299 g/mol. The second kappa shape index (κ2) is 3.83. The number of hydrogen-bond donors (Lipinski definition) is 1. The van der Waals surface area contributed by atoms with Crippen molar-refractivity contribution in [2.24, 2.45) is 5.14 Å². The summed E-state index contributed by atoms with van der Waals surface area (Å²) in [6.45, 7) is 0. The third kappa shape index (κ3) is 2.49. The zero-order chi connectivity index (χ0) is 11.8. The first kappa shape index (κ1) is 12.0. The fourth-order valence-electron chi connectivity index (χ4n) is 0.890. The number of primary sulfonamides is 1. The number of benzene rings is 1. The third-order valence-electron chi connectivity index (χ3n) is 1.49. The number of sulfonamides is 1. The maximum atomic E-state index is 13.3. The number of rotatable bonds is 2. The van der Waals surface area contributed by atoms with Crippen LogP contribution in [0.3, 0.4) is 0 Å². The Bertz CT molecular complexity index is 530. The van der Waals surface area contributed by atoms with E-state index in [1.54, 1.807) is 0 Å². The summed E-state index contributed by atoms with van der Waals surface area (Å²) in [6.07, 6.45) is 0. The van der Waals surface area contributed by atoms with E-state index in [1.807, 2.05) is 0 Å². The van der Waals surface area contributed by atoms with Gasteiger partial charge in [0.2, 0.25) is 15.8 Å². The summed E-state index contributed by atoms with van der Waals surface area (Å²) < 4.78 is 35.1. The molecule has 82 valence electrons. The van der Waals surface area contributed by atoms with Gasteiger partial charge in [0.15, 0.2) is 0 Å². The largest absolute Gasteiger partial charge is 0.307 e. The lowest BCUT2D eigenvalue weighted by Crippen LogP contribution is -2.15. The highest BCUT2D eigenvalue weighted by molar-refractivity contribution is 9.10. The Labute approximate surface area is 92.2 Å². The molecule has 0 spiro atoms. The van der Waals surface area contributed by atoms with Crippen LogP contribution in [-0.2, 0) is 10.0 Å². The molecule has 0 saturated carbocycles. The van der Waals surface area contributed by atoms with E-state index in [2.05, 4.69) is 21.1 Å². The number of hydrogen-bond acceptors (Lipinski definition) is 4. The molecule has 1 aromatic rings. The predicted octanol–water partition coefficient (Wildman–Crippen LogP) is 1.14. The van der Waals surface area contributed by atoms with E-state index in [1.165, 1.54) is 0 Å². The summed E-state index contributed by atoms with van der Waals surface area (Å²) in [5.74, 6) is -1.47. The van der Waals surface area contributed by atoms with Crippen LogP contribution in [-0.4, -0.2) is 13.3 Å². The first-order chi connectivity index (χ1) is 6.73. The fourth-order valence-corrected chi connectivity index (χ4v) is 2.13. The Morgan fingerprint density at radius 1 is 1.47 bits per heavy atom. The second-order valence-electron chi connectivity index (χ2n) is 2.54. The maximum Gasteiger partial charge on any atom is 0.307 e. The van der Waals surface area contributed by atoms with Gasteiger partial charge in [-0.1, -0.05) is 15.9 Å². The van der Waals surface area contributed by atoms with Crippen LogP contribution in [0, 0.1) is 15.9 Å². The van der Waals surface area contributed by atoms with Crippen LogP contribution in [0.5, 0.6) is 0 Å². The predicted molar refractivity (Wildman–Crippen MR) is 52.1 cm³/mol. The third-order valence-corrected chi connectivity index (χ3v) is 2.86. The fraction of sp³-hybridized carbons (Fsp3) is 0. The molecule has 0 fully saturated rings. The van der Waals surface area contributed by atoms with Crippen molar-refractivity contribution in [3.63, 3.8) is 0 Å². The van der Waals surface area contributed by atoms with E-state index >= 15 is 0 Å². The minimum absolute atomic E-state index is 0.0552. The maximum absolute atomic E-state index is 13.3. The van der Waals surface area contributed by atoms with Crippen molar-refractivity contribution in [3.8, 4) is 0 Å². The monoisotopic (exact) mass is 298 g/mol. The minimum Gasteiger partial charge on any atom is -0.258 e. The molecule has 0 saturated heterocycles. The Balaban J connectivity index is 3.63. The second-order valence-corrected chi connectivity index (χ2v) is 4.98. The van der Waals surface area contributed by atoms with Gasteiger partial charge in [0, 0.05) is 10.5 Å². The summed E-state index contributed by atoms with van der Waals surface area (Å²) in [7, 11) is -4.32. The summed E-state index contributed by atoms with van der Waals surface area (Å²) in [4.78, 5) is 8.42. The number of nitro groups is 1. The van der Waals surface area contributed by atoms with Crippen molar-refractivity contribution in [3.05, 3.63) is 32.5 Å². The zero-order valence-electron chi connectivity index (χ0n) is 6.98. The van der Waals surface area contributed by atoms with E-state index < -0.39 is 31.3 Å². The number of nitro benzene ring substituents is 1. The van der Waals surface area contributed by atoms with Gasteiger partial charge in [-0.2, -0.15) is 4.39 Å². The molecule has 6 nitrogen and oxygen atoms in total. The van der Waals surface area contributed by atoms with Crippen molar-refractivity contribution < 1.29 is 17.7 Å². The molecule has 0 aliphatic rings. The molecule has 0 amide bonds.